The number of hydrazine groups is 1. The summed E-state index contributed by atoms with van der Waals surface area (Å²) in [7, 11) is 1.94. The van der Waals surface area contributed by atoms with E-state index >= 15 is 0 Å². The van der Waals surface area contributed by atoms with Crippen LogP contribution in [0.4, 0.5) is 0 Å². The van der Waals surface area contributed by atoms with Gasteiger partial charge in [0.05, 0.1) is 6.04 Å². The Morgan fingerprint density at radius 1 is 1.65 bits per heavy atom. The molecule has 0 aliphatic rings. The Bertz CT molecular complexity index is 381. The topological polar surface area (TPSA) is 58.4 Å². The molecule has 0 aromatic carbocycles. The predicted molar refractivity (Wildman–Crippen MR) is 74.4 cm³/mol. The number of amides is 1. The third-order valence-electron chi connectivity index (χ3n) is 2.54. The first kappa shape index (κ1) is 14.6. The molecule has 1 atom stereocenters. The summed E-state index contributed by atoms with van der Waals surface area (Å²) in [6.45, 7) is 4.77. The Morgan fingerprint density at radius 2 is 2.29 bits per heavy atom. The lowest BCUT2D eigenvalue weighted by Gasteiger charge is -2.28. The molecular formula is C11H18BrN3OS. The number of nitrogens with one attached hydrogen (secondary N) is 1. The van der Waals surface area contributed by atoms with Crippen molar-refractivity contribution in [2.24, 2.45) is 11.8 Å². The average molecular weight is 320 g/mol. The number of nitrogens with two attached hydrogens (primary N) is 1. The maximum atomic E-state index is 11.7. The summed E-state index contributed by atoms with van der Waals surface area (Å²) in [5.74, 6) is 5.29. The lowest BCUT2D eigenvalue weighted by molar-refractivity contribution is -0.127. The van der Waals surface area contributed by atoms with Crippen molar-refractivity contribution in [1.29, 1.82) is 0 Å². The second kappa shape index (κ2) is 6.49. The molecule has 0 fully saturated rings. The highest BCUT2D eigenvalue weighted by Crippen LogP contribution is 2.22. The first-order valence-electron chi connectivity index (χ1n) is 5.39. The number of thiophene rings is 1. The first-order valence-corrected chi connectivity index (χ1v) is 7.06. The second-order valence-corrected chi connectivity index (χ2v) is 6.26. The van der Waals surface area contributed by atoms with Crippen molar-refractivity contribution in [3.63, 3.8) is 0 Å². The van der Waals surface area contributed by atoms with Crippen molar-refractivity contribution in [2.45, 2.75) is 26.4 Å². The van der Waals surface area contributed by atoms with Crippen LogP contribution in [0.5, 0.6) is 0 Å². The number of likely N-dealkylation sites (N-methyl/N-ethyl adjacent to an activating group) is 1. The maximum absolute atomic E-state index is 11.7. The summed E-state index contributed by atoms with van der Waals surface area (Å²) < 4.78 is 1.08. The van der Waals surface area contributed by atoms with Crippen LogP contribution in [0.3, 0.4) is 0 Å². The van der Waals surface area contributed by atoms with E-state index in [4.69, 9.17) is 5.84 Å². The predicted octanol–water partition coefficient (Wildman–Crippen LogP) is 1.96. The lowest BCUT2D eigenvalue weighted by atomic mass is 10.0. The van der Waals surface area contributed by atoms with Gasteiger partial charge < -0.3 is 0 Å². The summed E-state index contributed by atoms with van der Waals surface area (Å²) in [4.78, 5) is 14.9. The number of carbonyl (C=O) groups is 1. The maximum Gasteiger partial charge on any atom is 0.251 e. The highest BCUT2D eigenvalue weighted by Gasteiger charge is 2.26. The molecule has 0 radical (unpaired) electrons. The number of carbonyl (C=O) groups excluding carboxylic acids is 1. The van der Waals surface area contributed by atoms with Crippen LogP contribution in [0.25, 0.3) is 0 Å². The molecule has 1 aromatic heterocycles. The second-order valence-electron chi connectivity index (χ2n) is 4.34. The highest BCUT2D eigenvalue weighted by atomic mass is 79.9. The van der Waals surface area contributed by atoms with E-state index in [0.717, 1.165) is 11.0 Å². The van der Waals surface area contributed by atoms with Gasteiger partial charge in [-0.2, -0.15) is 0 Å². The fourth-order valence-electron chi connectivity index (χ4n) is 1.88. The molecule has 1 amide bonds. The molecule has 6 heteroatoms. The van der Waals surface area contributed by atoms with Gasteiger partial charge in [-0.05, 0) is 35.0 Å². The fourth-order valence-corrected chi connectivity index (χ4v) is 3.39. The molecule has 1 aromatic rings. The molecule has 0 aliphatic carbocycles. The van der Waals surface area contributed by atoms with Gasteiger partial charge in [-0.1, -0.05) is 13.8 Å². The number of hydrogen-bond acceptors (Lipinski definition) is 4. The minimum atomic E-state index is -0.208. The fraction of sp³-hybridized carbons (Fsp3) is 0.545. The van der Waals surface area contributed by atoms with Crippen molar-refractivity contribution in [1.82, 2.24) is 10.3 Å². The summed E-state index contributed by atoms with van der Waals surface area (Å²) in [5, 5.41) is 2.04. The van der Waals surface area contributed by atoms with E-state index in [1.807, 2.05) is 31.2 Å². The normalized spacial score (nSPS) is 13.1. The van der Waals surface area contributed by atoms with Crippen molar-refractivity contribution in [2.75, 3.05) is 7.05 Å². The van der Waals surface area contributed by atoms with Gasteiger partial charge in [0.1, 0.15) is 0 Å². The van der Waals surface area contributed by atoms with Gasteiger partial charge >= 0.3 is 0 Å². The molecule has 1 heterocycles. The summed E-state index contributed by atoms with van der Waals surface area (Å²) in [6.07, 6.45) is 0. The largest absolute Gasteiger partial charge is 0.293 e. The quantitative estimate of drug-likeness (QED) is 0.495. The van der Waals surface area contributed by atoms with Crippen LogP contribution in [0, 0.1) is 5.92 Å². The van der Waals surface area contributed by atoms with E-state index in [-0.39, 0.29) is 17.9 Å². The zero-order chi connectivity index (χ0) is 13.0. The Morgan fingerprint density at radius 3 is 2.71 bits per heavy atom. The zero-order valence-electron chi connectivity index (χ0n) is 10.2. The number of halogens is 1. The number of rotatable bonds is 5. The molecule has 1 rings (SSSR count). The molecule has 4 nitrogen and oxygen atoms in total. The van der Waals surface area contributed by atoms with E-state index in [9.17, 15) is 4.79 Å². The minimum absolute atomic E-state index is 0.141. The lowest BCUT2D eigenvalue weighted by Crippen LogP contribution is -2.49. The van der Waals surface area contributed by atoms with Crippen molar-refractivity contribution >= 4 is 33.2 Å². The first-order chi connectivity index (χ1) is 7.95. The van der Waals surface area contributed by atoms with Crippen LogP contribution in [0.1, 0.15) is 18.7 Å². The molecule has 17 heavy (non-hydrogen) atoms. The van der Waals surface area contributed by atoms with Gasteiger partial charge in [0, 0.05) is 21.3 Å². The molecule has 0 spiro atoms. The van der Waals surface area contributed by atoms with Crippen molar-refractivity contribution in [3.05, 3.63) is 20.8 Å². The highest BCUT2D eigenvalue weighted by molar-refractivity contribution is 9.10. The molecule has 96 valence electrons. The Balaban J connectivity index is 2.71. The van der Waals surface area contributed by atoms with Crippen LogP contribution >= 0.6 is 27.3 Å². The van der Waals surface area contributed by atoms with E-state index in [1.54, 1.807) is 11.3 Å². The average Bonchev–Trinajstić information content (AvgIpc) is 2.63. The van der Waals surface area contributed by atoms with Crippen LogP contribution < -0.4 is 11.3 Å². The van der Waals surface area contributed by atoms with Crippen LogP contribution in [-0.4, -0.2) is 23.9 Å². The molecule has 0 saturated carbocycles. The minimum Gasteiger partial charge on any atom is -0.293 e. The molecular weight excluding hydrogens is 302 g/mol. The van der Waals surface area contributed by atoms with Gasteiger partial charge in [0.15, 0.2) is 0 Å². The molecule has 0 saturated heterocycles. The van der Waals surface area contributed by atoms with E-state index in [0.29, 0.717) is 0 Å². The van der Waals surface area contributed by atoms with E-state index in [2.05, 4.69) is 27.4 Å². The van der Waals surface area contributed by atoms with Crippen LogP contribution in [-0.2, 0) is 11.3 Å². The third kappa shape index (κ3) is 4.06. The van der Waals surface area contributed by atoms with Gasteiger partial charge in [-0.3, -0.25) is 15.1 Å². The van der Waals surface area contributed by atoms with Gasteiger partial charge in [0.25, 0.3) is 5.91 Å². The molecule has 0 aliphatic heterocycles. The van der Waals surface area contributed by atoms with Crippen LogP contribution in [0.15, 0.2) is 15.9 Å². The summed E-state index contributed by atoms with van der Waals surface area (Å²) in [5.41, 5.74) is 2.23. The third-order valence-corrected chi connectivity index (χ3v) is 4.23. The van der Waals surface area contributed by atoms with Crippen LogP contribution in [0.2, 0.25) is 0 Å². The number of nitrogens with zero attached hydrogens (tertiary/aromatic N) is 1. The Hall–Kier alpha value is -0.430. The van der Waals surface area contributed by atoms with Gasteiger partial charge in [-0.15, -0.1) is 11.3 Å². The molecule has 1 unspecified atom stereocenters. The van der Waals surface area contributed by atoms with Gasteiger partial charge in [0.2, 0.25) is 0 Å². The Labute approximate surface area is 114 Å². The van der Waals surface area contributed by atoms with E-state index in [1.165, 1.54) is 4.88 Å². The summed E-state index contributed by atoms with van der Waals surface area (Å²) in [6, 6.07) is 1.86. The van der Waals surface area contributed by atoms with Crippen molar-refractivity contribution < 1.29 is 4.79 Å². The van der Waals surface area contributed by atoms with E-state index < -0.39 is 0 Å². The Kier molecular flexibility index (Phi) is 5.58. The zero-order valence-corrected chi connectivity index (χ0v) is 12.6. The summed E-state index contributed by atoms with van der Waals surface area (Å²) >= 11 is 5.10. The monoisotopic (exact) mass is 319 g/mol. The van der Waals surface area contributed by atoms with Crippen molar-refractivity contribution in [3.8, 4) is 0 Å². The standard InChI is InChI=1S/C11H18BrN3OS/c1-7(2)10(11(16)14-13)15(3)5-9-4-8(12)6-17-9/h4,6-7,10H,5,13H2,1-3H3,(H,14,16). The molecule has 3 N–H and O–H groups in total. The SMILES string of the molecule is CC(C)C(C(=O)NN)N(C)Cc1cc(Br)cs1. The number of hydrogen-bond donors (Lipinski definition) is 2. The van der Waals surface area contributed by atoms with Gasteiger partial charge in [-0.25, -0.2) is 5.84 Å². The smallest absolute Gasteiger partial charge is 0.251 e. The molecule has 0 bridgehead atoms.